The fourth-order valence-corrected chi connectivity index (χ4v) is 2.53. The first-order chi connectivity index (χ1) is 11.9. The second-order valence-corrected chi connectivity index (χ2v) is 5.97. The lowest BCUT2D eigenvalue weighted by atomic mass is 10.2. The molecule has 1 N–H and O–H groups in total. The van der Waals surface area contributed by atoms with E-state index in [0.717, 1.165) is 10.4 Å². The van der Waals surface area contributed by atoms with Crippen molar-refractivity contribution in [3.63, 3.8) is 0 Å². The highest BCUT2D eigenvalue weighted by Crippen LogP contribution is 2.25. The van der Waals surface area contributed by atoms with Gasteiger partial charge in [0.2, 0.25) is 0 Å². The first-order valence-electron chi connectivity index (χ1n) is 6.99. The molecule has 0 atom stereocenters. The third-order valence-electron chi connectivity index (χ3n) is 3.32. The van der Waals surface area contributed by atoms with Crippen molar-refractivity contribution in [1.29, 1.82) is 0 Å². The summed E-state index contributed by atoms with van der Waals surface area (Å²) in [6, 6.07) is 11.2. The van der Waals surface area contributed by atoms with Gasteiger partial charge in [-0.2, -0.15) is 0 Å². The number of nitrogens with zero attached hydrogens (tertiary/aromatic N) is 5. The van der Waals surface area contributed by atoms with Gasteiger partial charge in [-0.25, -0.2) is 4.99 Å². The SMILES string of the molecule is Cc1ccc(N=c2c([N+](=O)[O-])nn(-c3ccc(Cl)cc3)n2O)c(Cl)c1. The van der Waals surface area contributed by atoms with E-state index in [-0.39, 0.29) is 11.2 Å². The van der Waals surface area contributed by atoms with Crippen molar-refractivity contribution in [2.75, 3.05) is 0 Å². The van der Waals surface area contributed by atoms with Crippen LogP contribution in [0.3, 0.4) is 0 Å². The molecule has 0 bridgehead atoms. The van der Waals surface area contributed by atoms with E-state index in [0.29, 0.717) is 20.6 Å². The highest BCUT2D eigenvalue weighted by molar-refractivity contribution is 6.33. The Bertz CT molecular complexity index is 1020. The molecule has 2 aromatic carbocycles. The first kappa shape index (κ1) is 17.0. The van der Waals surface area contributed by atoms with E-state index in [1.807, 2.05) is 6.92 Å². The van der Waals surface area contributed by atoms with Crippen molar-refractivity contribution < 1.29 is 10.1 Å². The molecule has 1 aromatic heterocycles. The van der Waals surface area contributed by atoms with Crippen LogP contribution in [0.15, 0.2) is 47.5 Å². The third kappa shape index (κ3) is 3.35. The number of nitro groups is 1. The minimum absolute atomic E-state index is 0.272. The van der Waals surface area contributed by atoms with Crippen LogP contribution in [-0.2, 0) is 0 Å². The van der Waals surface area contributed by atoms with Gasteiger partial charge in [0.25, 0.3) is 5.49 Å². The van der Waals surface area contributed by atoms with Gasteiger partial charge < -0.3 is 15.3 Å². The molecular weight excluding hydrogens is 369 g/mol. The lowest BCUT2D eigenvalue weighted by molar-refractivity contribution is -0.391. The summed E-state index contributed by atoms with van der Waals surface area (Å²) < 4.78 is 0. The van der Waals surface area contributed by atoms with Crippen molar-refractivity contribution in [3.8, 4) is 5.69 Å². The Morgan fingerprint density at radius 3 is 2.48 bits per heavy atom. The highest BCUT2D eigenvalue weighted by Gasteiger charge is 2.24. The number of hydrogen-bond donors (Lipinski definition) is 1. The fourth-order valence-electron chi connectivity index (χ4n) is 2.13. The number of aromatic nitrogens is 3. The summed E-state index contributed by atoms with van der Waals surface area (Å²) in [5, 5.41) is 26.2. The van der Waals surface area contributed by atoms with Gasteiger partial charge in [-0.05, 0) is 58.6 Å². The maximum absolute atomic E-state index is 11.3. The first-order valence-corrected chi connectivity index (χ1v) is 7.75. The Balaban J connectivity index is 2.24. The zero-order valence-corrected chi connectivity index (χ0v) is 14.3. The van der Waals surface area contributed by atoms with Crippen LogP contribution < -0.4 is 5.49 Å². The number of hydrogen-bond acceptors (Lipinski definition) is 5. The lowest BCUT2D eigenvalue weighted by Crippen LogP contribution is -2.22. The zero-order chi connectivity index (χ0) is 18.1. The van der Waals surface area contributed by atoms with Crippen LogP contribution in [0.5, 0.6) is 0 Å². The normalized spacial score (nSPS) is 11.7. The molecule has 0 aliphatic heterocycles. The van der Waals surface area contributed by atoms with Crippen molar-refractivity contribution in [3.05, 3.63) is 73.7 Å². The van der Waals surface area contributed by atoms with Crippen LogP contribution in [0, 0.1) is 17.0 Å². The quantitative estimate of drug-likeness (QED) is 0.426. The van der Waals surface area contributed by atoms with Crippen molar-refractivity contribution in [2.45, 2.75) is 6.92 Å². The monoisotopic (exact) mass is 379 g/mol. The van der Waals surface area contributed by atoms with Crippen molar-refractivity contribution in [1.82, 2.24) is 14.7 Å². The topological polar surface area (TPSA) is 98.5 Å². The summed E-state index contributed by atoms with van der Waals surface area (Å²) in [4.78, 5) is 16.1. The summed E-state index contributed by atoms with van der Waals surface area (Å²) >= 11 is 11.9. The van der Waals surface area contributed by atoms with Crippen LogP contribution in [0.25, 0.3) is 5.69 Å². The molecule has 0 fully saturated rings. The van der Waals surface area contributed by atoms with Crippen molar-refractivity contribution >= 4 is 34.7 Å². The van der Waals surface area contributed by atoms with E-state index in [1.54, 1.807) is 42.5 Å². The van der Waals surface area contributed by atoms with Crippen LogP contribution in [0.4, 0.5) is 11.5 Å². The molecule has 0 aliphatic carbocycles. The van der Waals surface area contributed by atoms with E-state index in [9.17, 15) is 15.3 Å². The molecule has 0 unspecified atom stereocenters. The molecular formula is C15H11Cl2N5O3. The predicted molar refractivity (Wildman–Crippen MR) is 91.8 cm³/mol. The largest absolute Gasteiger partial charge is 0.438 e. The van der Waals surface area contributed by atoms with Crippen LogP contribution in [0.2, 0.25) is 10.0 Å². The van der Waals surface area contributed by atoms with Gasteiger partial charge in [-0.15, -0.1) is 0 Å². The maximum atomic E-state index is 11.3. The Labute approximate surface area is 151 Å². The van der Waals surface area contributed by atoms with E-state index in [1.165, 1.54) is 0 Å². The molecule has 0 amide bonds. The number of aryl methyl sites for hydroxylation is 1. The Kier molecular flexibility index (Phi) is 4.47. The Morgan fingerprint density at radius 1 is 1.20 bits per heavy atom. The molecule has 8 nitrogen and oxygen atoms in total. The molecule has 3 aromatic rings. The van der Waals surface area contributed by atoms with E-state index < -0.39 is 10.7 Å². The van der Waals surface area contributed by atoms with Gasteiger partial charge in [0.1, 0.15) is 5.69 Å². The molecule has 0 saturated heterocycles. The zero-order valence-electron chi connectivity index (χ0n) is 12.8. The van der Waals surface area contributed by atoms with Gasteiger partial charge >= 0.3 is 5.82 Å². The number of halogens is 2. The molecule has 3 rings (SSSR count). The molecule has 0 saturated carbocycles. The van der Waals surface area contributed by atoms with Crippen LogP contribution >= 0.6 is 23.2 Å². The molecule has 1 heterocycles. The van der Waals surface area contributed by atoms with Crippen LogP contribution in [0.1, 0.15) is 5.56 Å². The average Bonchev–Trinajstić information content (AvgIpc) is 2.88. The third-order valence-corrected chi connectivity index (χ3v) is 3.87. The lowest BCUT2D eigenvalue weighted by Gasteiger charge is -2.00. The fraction of sp³-hybridized carbons (Fsp3) is 0.0667. The molecule has 0 radical (unpaired) electrons. The van der Waals surface area contributed by atoms with E-state index >= 15 is 0 Å². The second-order valence-electron chi connectivity index (χ2n) is 5.13. The molecule has 10 heteroatoms. The summed E-state index contributed by atoms with van der Waals surface area (Å²) in [5.74, 6) is -0.617. The number of rotatable bonds is 3. The summed E-state index contributed by atoms with van der Waals surface area (Å²) in [6.07, 6.45) is 0. The second kappa shape index (κ2) is 6.58. The molecule has 128 valence electrons. The summed E-state index contributed by atoms with van der Waals surface area (Å²) in [7, 11) is 0. The Morgan fingerprint density at radius 2 is 1.88 bits per heavy atom. The molecule has 0 spiro atoms. The standard InChI is InChI=1S/C15H11Cl2N5O3/c1-9-2-7-13(12(17)8-9)18-14-15(22(24)25)19-20(21(14)23)11-5-3-10(16)4-6-11/h2-8,23H,1H3. The predicted octanol–water partition coefficient (Wildman–Crippen LogP) is 3.67. The van der Waals surface area contributed by atoms with E-state index in [4.69, 9.17) is 23.2 Å². The minimum atomic E-state index is -0.736. The van der Waals surface area contributed by atoms with Gasteiger partial charge in [-0.3, -0.25) is 0 Å². The van der Waals surface area contributed by atoms with Crippen molar-refractivity contribution in [2.24, 2.45) is 4.99 Å². The molecule has 25 heavy (non-hydrogen) atoms. The van der Waals surface area contributed by atoms with Gasteiger partial charge in [0.05, 0.1) is 15.8 Å². The van der Waals surface area contributed by atoms with Gasteiger partial charge in [0.15, 0.2) is 0 Å². The highest BCUT2D eigenvalue weighted by atomic mass is 35.5. The smallest absolute Gasteiger partial charge is 0.409 e. The average molecular weight is 380 g/mol. The van der Waals surface area contributed by atoms with E-state index in [2.05, 4.69) is 10.1 Å². The maximum Gasteiger partial charge on any atom is 0.438 e. The van der Waals surface area contributed by atoms with Crippen LogP contribution in [-0.4, -0.2) is 24.9 Å². The number of benzene rings is 2. The van der Waals surface area contributed by atoms with Gasteiger partial charge in [-0.1, -0.05) is 34.1 Å². The van der Waals surface area contributed by atoms with Gasteiger partial charge in [0, 0.05) is 5.02 Å². The minimum Gasteiger partial charge on any atom is -0.409 e. The molecule has 0 aliphatic rings. The Hall–Kier alpha value is -2.84. The summed E-state index contributed by atoms with van der Waals surface area (Å²) in [5.41, 5.74) is 1.19. The summed E-state index contributed by atoms with van der Waals surface area (Å²) in [6.45, 7) is 1.85.